The van der Waals surface area contributed by atoms with Gasteiger partial charge in [0.05, 0.1) is 39.9 Å². The van der Waals surface area contributed by atoms with Crippen LogP contribution in [0.3, 0.4) is 0 Å². The molecule has 1 aliphatic heterocycles. The molecule has 1 fully saturated rings. The molecule has 0 spiro atoms. The number of anilines is 1. The Kier molecular flexibility index (Phi) is 5.07. The number of ether oxygens (including phenoxy) is 1. The molecule has 0 saturated carbocycles. The summed E-state index contributed by atoms with van der Waals surface area (Å²) in [7, 11) is -3.41. The van der Waals surface area contributed by atoms with Crippen molar-refractivity contribution in [2.75, 3.05) is 24.6 Å². The minimum absolute atomic E-state index is 0.0567. The summed E-state index contributed by atoms with van der Waals surface area (Å²) in [5.41, 5.74) is 2.82. The van der Waals surface area contributed by atoms with Gasteiger partial charge < -0.3 is 14.6 Å². The van der Waals surface area contributed by atoms with Gasteiger partial charge in [0.15, 0.2) is 9.84 Å². The first-order valence-corrected chi connectivity index (χ1v) is 11.6. The number of rotatable bonds is 3. The lowest BCUT2D eigenvalue weighted by molar-refractivity contribution is 0.0606. The van der Waals surface area contributed by atoms with Gasteiger partial charge in [0.25, 0.3) is 0 Å². The second-order valence-corrected chi connectivity index (χ2v) is 11.7. The van der Waals surface area contributed by atoms with Crippen LogP contribution in [0.2, 0.25) is 0 Å². The maximum atomic E-state index is 12.8. The van der Waals surface area contributed by atoms with Crippen LogP contribution in [-0.2, 0) is 14.6 Å². The monoisotopic (exact) mass is 415 g/mol. The molecular weight excluding hydrogens is 386 g/mol. The molecule has 4 rings (SSSR count). The number of aromatic amines is 1. The maximum Gasteiger partial charge on any atom is 0.204 e. The predicted octanol–water partition coefficient (Wildman–Crippen LogP) is 3.86. The molecule has 7 heteroatoms. The Hall–Kier alpha value is -2.12. The summed E-state index contributed by atoms with van der Waals surface area (Å²) in [6.45, 7) is 9.49. The molecule has 1 aromatic heterocycles. The average Bonchev–Trinajstić information content (AvgIpc) is 3.10. The third-order valence-corrected chi connectivity index (χ3v) is 8.13. The number of imidazole rings is 1. The molecule has 0 bridgehead atoms. The van der Waals surface area contributed by atoms with E-state index in [0.29, 0.717) is 17.4 Å². The Morgan fingerprint density at radius 2 is 2.07 bits per heavy atom. The van der Waals surface area contributed by atoms with Gasteiger partial charge in [0.1, 0.15) is 0 Å². The molecule has 2 aliphatic rings. The van der Waals surface area contributed by atoms with Crippen molar-refractivity contribution >= 4 is 26.8 Å². The minimum Gasteiger partial charge on any atom is -0.370 e. The number of hydrogen-bond donors (Lipinski definition) is 1. The van der Waals surface area contributed by atoms with Gasteiger partial charge in [-0.05, 0) is 56.9 Å². The van der Waals surface area contributed by atoms with Crippen LogP contribution < -0.4 is 4.90 Å². The van der Waals surface area contributed by atoms with E-state index in [9.17, 15) is 8.42 Å². The molecule has 29 heavy (non-hydrogen) atoms. The number of hydrogen-bond acceptors (Lipinski definition) is 5. The number of allylic oxidation sites excluding steroid dienone is 3. The standard InChI is InChI=1S/C22H29N3O3S/c1-15-6-5-7-16(12-15)20-14-25(10-11-28-20)21-23-18-9-8-17(13-19(18)24-21)29(26,27)22(2,3)4/h5-9,13,15,20H,10-12,14H2,1-4H3,(H,23,24). The van der Waals surface area contributed by atoms with Crippen molar-refractivity contribution in [2.24, 2.45) is 5.92 Å². The van der Waals surface area contributed by atoms with Gasteiger partial charge in [0.2, 0.25) is 5.95 Å². The Morgan fingerprint density at radius 3 is 2.79 bits per heavy atom. The summed E-state index contributed by atoms with van der Waals surface area (Å²) in [6, 6.07) is 5.12. The molecule has 2 unspecified atom stereocenters. The Balaban J connectivity index is 1.60. The number of morpholine rings is 1. The first kappa shape index (κ1) is 20.2. The van der Waals surface area contributed by atoms with Gasteiger partial charge in [-0.25, -0.2) is 13.4 Å². The zero-order chi connectivity index (χ0) is 20.8. The van der Waals surface area contributed by atoms with Crippen molar-refractivity contribution in [3.63, 3.8) is 0 Å². The normalized spacial score (nSPS) is 23.4. The number of benzene rings is 1. The molecular formula is C22H29N3O3S. The van der Waals surface area contributed by atoms with Crippen LogP contribution in [0.15, 0.2) is 46.9 Å². The Bertz CT molecular complexity index is 1080. The van der Waals surface area contributed by atoms with E-state index in [-0.39, 0.29) is 6.10 Å². The van der Waals surface area contributed by atoms with E-state index < -0.39 is 14.6 Å². The predicted molar refractivity (Wildman–Crippen MR) is 116 cm³/mol. The van der Waals surface area contributed by atoms with E-state index >= 15 is 0 Å². The topological polar surface area (TPSA) is 75.3 Å². The molecule has 6 nitrogen and oxygen atoms in total. The van der Waals surface area contributed by atoms with E-state index in [4.69, 9.17) is 9.72 Å². The van der Waals surface area contributed by atoms with Gasteiger partial charge in [-0.1, -0.05) is 25.2 Å². The van der Waals surface area contributed by atoms with Crippen LogP contribution in [-0.4, -0.2) is 48.9 Å². The molecule has 0 radical (unpaired) electrons. The van der Waals surface area contributed by atoms with Crippen molar-refractivity contribution in [1.29, 1.82) is 0 Å². The van der Waals surface area contributed by atoms with Gasteiger partial charge >= 0.3 is 0 Å². The van der Waals surface area contributed by atoms with E-state index in [1.165, 1.54) is 5.57 Å². The first-order valence-electron chi connectivity index (χ1n) is 10.1. The van der Waals surface area contributed by atoms with E-state index in [1.807, 2.05) is 0 Å². The summed E-state index contributed by atoms with van der Waals surface area (Å²) >= 11 is 0. The zero-order valence-electron chi connectivity index (χ0n) is 17.5. The maximum absolute atomic E-state index is 12.8. The smallest absolute Gasteiger partial charge is 0.204 e. The van der Waals surface area contributed by atoms with Crippen LogP contribution in [0.1, 0.15) is 34.1 Å². The fourth-order valence-electron chi connectivity index (χ4n) is 3.83. The summed E-state index contributed by atoms with van der Waals surface area (Å²) < 4.78 is 30.7. The Morgan fingerprint density at radius 1 is 1.28 bits per heavy atom. The van der Waals surface area contributed by atoms with Gasteiger partial charge in [-0.3, -0.25) is 0 Å². The average molecular weight is 416 g/mol. The number of nitrogens with zero attached hydrogens (tertiary/aromatic N) is 2. The van der Waals surface area contributed by atoms with E-state index in [2.05, 4.69) is 35.0 Å². The largest absolute Gasteiger partial charge is 0.370 e. The summed E-state index contributed by atoms with van der Waals surface area (Å²) in [5.74, 6) is 1.29. The highest BCUT2D eigenvalue weighted by Gasteiger charge is 2.31. The third kappa shape index (κ3) is 3.85. The number of H-pyrrole nitrogens is 1. The number of nitrogens with one attached hydrogen (secondary N) is 1. The van der Waals surface area contributed by atoms with Crippen LogP contribution in [0.5, 0.6) is 0 Å². The van der Waals surface area contributed by atoms with Gasteiger partial charge in [-0.2, -0.15) is 0 Å². The van der Waals surface area contributed by atoms with Crippen LogP contribution in [0.25, 0.3) is 11.0 Å². The quantitative estimate of drug-likeness (QED) is 0.824. The summed E-state index contributed by atoms with van der Waals surface area (Å²) in [6.07, 6.45) is 7.57. The molecule has 2 aromatic rings. The second kappa shape index (κ2) is 7.29. The lowest BCUT2D eigenvalue weighted by atomic mass is 9.92. The van der Waals surface area contributed by atoms with Crippen molar-refractivity contribution in [3.8, 4) is 0 Å². The number of aromatic nitrogens is 2. The minimum atomic E-state index is -3.41. The molecule has 2 heterocycles. The molecule has 1 aliphatic carbocycles. The second-order valence-electron chi connectivity index (χ2n) is 8.97. The van der Waals surface area contributed by atoms with Crippen molar-refractivity contribution in [2.45, 2.75) is 49.9 Å². The van der Waals surface area contributed by atoms with Gasteiger partial charge in [-0.15, -0.1) is 0 Å². The van der Waals surface area contributed by atoms with Crippen molar-refractivity contribution in [1.82, 2.24) is 9.97 Å². The van der Waals surface area contributed by atoms with Crippen LogP contribution in [0.4, 0.5) is 5.95 Å². The SMILES string of the molecule is CC1C=CC=C(C2CN(c3nc4ccc(S(=O)(=O)C(C)(C)C)cc4[nH]3)CCO2)C1. The zero-order valence-corrected chi connectivity index (χ0v) is 18.3. The third-order valence-electron chi connectivity index (χ3n) is 5.64. The number of sulfone groups is 1. The fraction of sp³-hybridized carbons (Fsp3) is 0.500. The molecule has 2 atom stereocenters. The molecule has 156 valence electrons. The summed E-state index contributed by atoms with van der Waals surface area (Å²) in [5, 5.41) is 0. The lowest BCUT2D eigenvalue weighted by Gasteiger charge is -2.35. The van der Waals surface area contributed by atoms with E-state index in [1.54, 1.807) is 39.0 Å². The summed E-state index contributed by atoms with van der Waals surface area (Å²) in [4.78, 5) is 10.5. The first-order chi connectivity index (χ1) is 13.6. The molecule has 1 saturated heterocycles. The van der Waals surface area contributed by atoms with E-state index in [0.717, 1.165) is 36.5 Å². The highest BCUT2D eigenvalue weighted by Crippen LogP contribution is 2.29. The molecule has 0 amide bonds. The number of fused-ring (bicyclic) bond motifs is 1. The highest BCUT2D eigenvalue weighted by atomic mass is 32.2. The van der Waals surface area contributed by atoms with Crippen molar-refractivity contribution in [3.05, 3.63) is 42.0 Å². The van der Waals surface area contributed by atoms with Gasteiger partial charge in [0, 0.05) is 6.54 Å². The fourth-order valence-corrected chi connectivity index (χ4v) is 5.05. The van der Waals surface area contributed by atoms with Crippen LogP contribution >= 0.6 is 0 Å². The highest BCUT2D eigenvalue weighted by molar-refractivity contribution is 7.92. The lowest BCUT2D eigenvalue weighted by Crippen LogP contribution is -2.44. The Labute approximate surface area is 172 Å². The molecule has 1 N–H and O–H groups in total. The van der Waals surface area contributed by atoms with Crippen LogP contribution in [0, 0.1) is 5.92 Å². The molecule has 1 aromatic carbocycles. The van der Waals surface area contributed by atoms with Crippen molar-refractivity contribution < 1.29 is 13.2 Å².